The first-order valence-electron chi connectivity index (χ1n) is 12.6. The van der Waals surface area contributed by atoms with Gasteiger partial charge in [0.05, 0.1) is 5.60 Å². The number of phenols is 1. The highest BCUT2D eigenvalue weighted by molar-refractivity contribution is 5.30. The van der Waals surface area contributed by atoms with Crippen LogP contribution in [-0.4, -0.2) is 41.3 Å². The molecule has 0 radical (unpaired) electrons. The molecule has 19 heavy (non-hydrogen) atoms. The summed E-state index contributed by atoms with van der Waals surface area (Å²) < 4.78 is 114. The lowest BCUT2D eigenvalue weighted by molar-refractivity contribution is -0.0277. The minimum Gasteiger partial charge on any atom is -0.508 e. The molecule has 1 aliphatic carbocycles. The summed E-state index contributed by atoms with van der Waals surface area (Å²) in [4.78, 5) is 0.505. The molecule has 0 spiro atoms. The molecule has 1 fully saturated rings. The molecule has 2 rings (SSSR count). The third-order valence-electron chi connectivity index (χ3n) is 2.66. The van der Waals surface area contributed by atoms with Crippen molar-refractivity contribution in [2.75, 3.05) is 20.6 Å². The van der Waals surface area contributed by atoms with E-state index in [-0.39, 0.29) is 5.75 Å². The molecule has 0 heterocycles. The minimum absolute atomic E-state index is 0.339. The standard InChI is InChI=1S/C16H25NO2/c1-17(2)12-15(13-6-8-14(18)9-7-13)16(19)10-4-3-5-11-16/h6-9,15,18-19H,3-5,10-12H2,1-2H3/i1D3,3D2,4D2,5D2,10D2,11D2,15D. The Bertz CT molecular complexity index is 867. The van der Waals surface area contributed by atoms with E-state index in [2.05, 4.69) is 0 Å². The topological polar surface area (TPSA) is 43.7 Å². The molecule has 106 valence electrons. The number of aromatic hydroxyl groups is 1. The lowest BCUT2D eigenvalue weighted by atomic mass is 9.72. The van der Waals surface area contributed by atoms with E-state index in [0.717, 1.165) is 31.3 Å². The molecular weight excluding hydrogens is 238 g/mol. The summed E-state index contributed by atoms with van der Waals surface area (Å²) >= 11 is 0. The number of phenolic OH excluding ortho intramolecular Hbond substituents is 1. The van der Waals surface area contributed by atoms with Crippen molar-refractivity contribution in [3.63, 3.8) is 0 Å². The summed E-state index contributed by atoms with van der Waals surface area (Å²) in [6.07, 6.45) is -19.5. The molecule has 0 saturated heterocycles. The first kappa shape index (κ1) is 4.74. The SMILES string of the molecule is [2H]C([2H])([2H])N(C)CC([2H])(c1ccc(O)cc1)C1(O)C([2H])([2H])C([2H])([2H])C([2H])([2H])C([2H])([2H])C1([2H])[2H]. The number of aliphatic hydroxyl groups is 1. The van der Waals surface area contributed by atoms with Gasteiger partial charge in [0.15, 0.2) is 0 Å². The zero-order valence-corrected chi connectivity index (χ0v) is 10.4. The third kappa shape index (κ3) is 3.48. The van der Waals surface area contributed by atoms with Crippen LogP contribution in [0.2, 0.25) is 0 Å². The van der Waals surface area contributed by atoms with Gasteiger partial charge in [0, 0.05) is 31.6 Å². The van der Waals surface area contributed by atoms with E-state index < -0.39 is 62.4 Å². The maximum Gasteiger partial charge on any atom is 0.115 e. The number of hydrogen-bond donors (Lipinski definition) is 2. The molecule has 2 N–H and O–H groups in total. The van der Waals surface area contributed by atoms with Gasteiger partial charge in [-0.3, -0.25) is 0 Å². The fourth-order valence-corrected chi connectivity index (χ4v) is 1.77. The van der Waals surface area contributed by atoms with Gasteiger partial charge in [-0.15, -0.1) is 0 Å². The Morgan fingerprint density at radius 3 is 2.58 bits per heavy atom. The first-order valence-corrected chi connectivity index (χ1v) is 5.61. The summed E-state index contributed by atoms with van der Waals surface area (Å²) in [6, 6.07) is 3.92. The van der Waals surface area contributed by atoms with Gasteiger partial charge in [0.1, 0.15) is 5.75 Å². The van der Waals surface area contributed by atoms with Crippen molar-refractivity contribution in [2.45, 2.75) is 43.4 Å². The number of hydrogen-bond acceptors (Lipinski definition) is 3. The van der Waals surface area contributed by atoms with Crippen molar-refractivity contribution >= 4 is 0 Å². The second kappa shape index (κ2) is 5.93. The van der Waals surface area contributed by atoms with Gasteiger partial charge >= 0.3 is 0 Å². The second-order valence-corrected chi connectivity index (χ2v) is 4.22. The largest absolute Gasteiger partial charge is 0.508 e. The Morgan fingerprint density at radius 2 is 2.00 bits per heavy atom. The number of benzene rings is 1. The van der Waals surface area contributed by atoms with Gasteiger partial charge in [-0.05, 0) is 44.5 Å². The van der Waals surface area contributed by atoms with Crippen LogP contribution in [0.4, 0.5) is 0 Å². The van der Waals surface area contributed by atoms with Gasteiger partial charge in [-0.2, -0.15) is 0 Å². The van der Waals surface area contributed by atoms with Crippen LogP contribution in [0.3, 0.4) is 0 Å². The van der Waals surface area contributed by atoms with E-state index in [1.807, 2.05) is 0 Å². The molecule has 0 aromatic heterocycles. The Labute approximate surface area is 135 Å². The van der Waals surface area contributed by atoms with Crippen LogP contribution in [0.5, 0.6) is 5.75 Å². The third-order valence-corrected chi connectivity index (χ3v) is 2.66. The molecular formula is C16H25NO2. The monoisotopic (exact) mass is 277 g/mol. The van der Waals surface area contributed by atoms with Crippen molar-refractivity contribution < 1.29 is 29.4 Å². The summed E-state index contributed by atoms with van der Waals surface area (Å²) in [5.41, 5.74) is -4.44. The molecule has 1 atom stereocenters. The minimum atomic E-state index is -3.98. The summed E-state index contributed by atoms with van der Waals surface area (Å²) in [5.74, 6) is -3.46. The predicted molar refractivity (Wildman–Crippen MR) is 77.4 cm³/mol. The van der Waals surface area contributed by atoms with Gasteiger partial charge < -0.3 is 15.1 Å². The summed E-state index contributed by atoms with van der Waals surface area (Å²) in [6.45, 7) is -4.07. The lowest BCUT2D eigenvalue weighted by Gasteiger charge is -2.40. The lowest BCUT2D eigenvalue weighted by Crippen LogP contribution is -2.42. The molecule has 1 aliphatic rings. The van der Waals surface area contributed by atoms with Gasteiger partial charge in [0.2, 0.25) is 0 Å². The maximum atomic E-state index is 11.7. The van der Waals surface area contributed by atoms with Crippen LogP contribution in [0.15, 0.2) is 24.3 Å². The normalized spacial score (nSPS) is 46.9. The second-order valence-electron chi connectivity index (χ2n) is 4.22. The Hall–Kier alpha value is -1.06. The van der Waals surface area contributed by atoms with E-state index in [0.29, 0.717) is 4.90 Å². The van der Waals surface area contributed by atoms with Crippen molar-refractivity contribution in [1.29, 1.82) is 0 Å². The van der Waals surface area contributed by atoms with Gasteiger partial charge in [-0.25, -0.2) is 0 Å². The Kier molecular flexibility index (Phi) is 1.48. The van der Waals surface area contributed by atoms with Crippen molar-refractivity contribution in [3.8, 4) is 5.75 Å². The predicted octanol–water partition coefficient (Wildman–Crippen LogP) is 2.73. The molecule has 3 heteroatoms. The molecule has 0 aliphatic heterocycles. The van der Waals surface area contributed by atoms with Crippen molar-refractivity contribution in [1.82, 2.24) is 4.90 Å². The maximum absolute atomic E-state index is 11.7. The van der Waals surface area contributed by atoms with Crippen LogP contribution in [-0.2, 0) is 0 Å². The fraction of sp³-hybridized carbons (Fsp3) is 0.625. The van der Waals surface area contributed by atoms with Crippen LogP contribution in [0, 0.1) is 0 Å². The first-order chi connectivity index (χ1) is 14.4. The van der Waals surface area contributed by atoms with E-state index >= 15 is 0 Å². The highest BCUT2D eigenvalue weighted by Gasteiger charge is 2.38. The summed E-state index contributed by atoms with van der Waals surface area (Å²) in [5, 5.41) is 21.3. The van der Waals surface area contributed by atoms with Crippen LogP contribution in [0.1, 0.15) is 62.5 Å². The molecule has 1 aromatic carbocycles. The van der Waals surface area contributed by atoms with Gasteiger partial charge in [-0.1, -0.05) is 31.3 Å². The molecule has 1 unspecified atom stereocenters. The zero-order valence-electron chi connectivity index (χ0n) is 24.4. The molecule has 3 nitrogen and oxygen atoms in total. The van der Waals surface area contributed by atoms with Crippen LogP contribution >= 0.6 is 0 Å². The van der Waals surface area contributed by atoms with E-state index in [4.69, 9.17) is 19.2 Å². The molecule has 1 aromatic rings. The van der Waals surface area contributed by atoms with Crippen molar-refractivity contribution in [3.05, 3.63) is 29.8 Å². The summed E-state index contributed by atoms with van der Waals surface area (Å²) in [7, 11) is 0.969. The number of rotatable bonds is 4. The molecule has 0 amide bonds. The quantitative estimate of drug-likeness (QED) is 0.889. The highest BCUT2D eigenvalue weighted by Crippen LogP contribution is 2.40. The van der Waals surface area contributed by atoms with E-state index in [9.17, 15) is 10.2 Å². The Morgan fingerprint density at radius 1 is 1.37 bits per heavy atom. The number of nitrogens with zero attached hydrogens (tertiary/aromatic N) is 1. The molecule has 0 bridgehead atoms. The van der Waals surface area contributed by atoms with Crippen molar-refractivity contribution in [2.24, 2.45) is 0 Å². The average molecular weight is 277 g/mol. The molecule has 1 saturated carbocycles. The van der Waals surface area contributed by atoms with E-state index in [1.165, 1.54) is 0 Å². The highest BCUT2D eigenvalue weighted by atomic mass is 16.3. The van der Waals surface area contributed by atoms with Crippen LogP contribution < -0.4 is 0 Å². The smallest absolute Gasteiger partial charge is 0.115 e. The Balaban J connectivity index is 3.02. The van der Waals surface area contributed by atoms with E-state index in [1.54, 1.807) is 0 Å². The van der Waals surface area contributed by atoms with Crippen LogP contribution in [0.25, 0.3) is 0 Å². The number of likely N-dealkylation sites (N-methyl/N-ethyl adjacent to an activating group) is 1. The fourth-order valence-electron chi connectivity index (χ4n) is 1.77. The van der Waals surface area contributed by atoms with Gasteiger partial charge in [0.25, 0.3) is 0 Å². The zero-order chi connectivity index (χ0) is 26.3. The average Bonchev–Trinajstić information content (AvgIpc) is 2.65.